The molecule has 0 aromatic heterocycles. The molecule has 4 N–H and O–H groups in total. The van der Waals surface area contributed by atoms with E-state index in [1.54, 1.807) is 6.92 Å². The van der Waals surface area contributed by atoms with Crippen molar-refractivity contribution < 1.29 is 9.90 Å². The van der Waals surface area contributed by atoms with Crippen LogP contribution in [-0.2, 0) is 0 Å². The van der Waals surface area contributed by atoms with Crippen LogP contribution in [0, 0.1) is 0 Å². The number of nitrogens with one attached hydrogen (secondary N) is 3. The summed E-state index contributed by atoms with van der Waals surface area (Å²) in [5.74, 6) is 0. The third-order valence-electron chi connectivity index (χ3n) is 2.48. The topological polar surface area (TPSA) is 73.4 Å². The number of carbonyl (C=O) groups excluding carboxylic acids is 1. The maximum Gasteiger partial charge on any atom is 0.314 e. The Morgan fingerprint density at radius 2 is 2.33 bits per heavy atom. The van der Waals surface area contributed by atoms with Crippen molar-refractivity contribution in [1.29, 1.82) is 0 Å². The van der Waals surface area contributed by atoms with E-state index in [1.807, 2.05) is 0 Å². The van der Waals surface area contributed by atoms with E-state index in [1.165, 1.54) is 12.8 Å². The van der Waals surface area contributed by atoms with Crippen LogP contribution in [0.15, 0.2) is 0 Å². The lowest BCUT2D eigenvalue weighted by molar-refractivity contribution is 0.187. The van der Waals surface area contributed by atoms with Gasteiger partial charge in [0.15, 0.2) is 0 Å². The van der Waals surface area contributed by atoms with Crippen LogP contribution in [0.5, 0.6) is 0 Å². The van der Waals surface area contributed by atoms with E-state index in [4.69, 9.17) is 5.11 Å². The first-order chi connectivity index (χ1) is 7.18. The normalized spacial score (nSPS) is 23.2. The summed E-state index contributed by atoms with van der Waals surface area (Å²) < 4.78 is 0. The summed E-state index contributed by atoms with van der Waals surface area (Å²) in [6.45, 7) is 3.64. The Morgan fingerprint density at radius 1 is 1.53 bits per heavy atom. The molecule has 1 rings (SSSR count). The molecule has 1 saturated heterocycles. The van der Waals surface area contributed by atoms with Crippen LogP contribution in [0.3, 0.4) is 0 Å². The summed E-state index contributed by atoms with van der Waals surface area (Å²) in [5, 5.41) is 17.7. The van der Waals surface area contributed by atoms with Gasteiger partial charge >= 0.3 is 6.03 Å². The molecule has 5 heteroatoms. The van der Waals surface area contributed by atoms with Crippen molar-refractivity contribution in [1.82, 2.24) is 16.0 Å². The molecule has 0 aliphatic carbocycles. The minimum atomic E-state index is -0.497. The van der Waals surface area contributed by atoms with Gasteiger partial charge in [-0.2, -0.15) is 0 Å². The average molecular weight is 215 g/mol. The summed E-state index contributed by atoms with van der Waals surface area (Å²) in [5.41, 5.74) is 0. The predicted molar refractivity (Wildman–Crippen MR) is 58.7 cm³/mol. The fraction of sp³-hybridized carbons (Fsp3) is 0.900. The first-order valence-corrected chi connectivity index (χ1v) is 5.61. The number of rotatable bonds is 4. The Bertz CT molecular complexity index is 191. The second-order valence-corrected chi connectivity index (χ2v) is 4.09. The SMILES string of the molecule is CC(O)CNC(=O)NCC1CCCCN1. The number of carbonyl (C=O) groups is 1. The summed E-state index contributed by atoms with van der Waals surface area (Å²) in [7, 11) is 0. The third kappa shape index (κ3) is 5.59. The van der Waals surface area contributed by atoms with Gasteiger partial charge in [0, 0.05) is 19.1 Å². The Morgan fingerprint density at radius 3 is 2.93 bits per heavy atom. The highest BCUT2D eigenvalue weighted by molar-refractivity contribution is 5.73. The highest BCUT2D eigenvalue weighted by Crippen LogP contribution is 2.05. The van der Waals surface area contributed by atoms with Gasteiger partial charge in [0.05, 0.1) is 6.10 Å². The number of amides is 2. The lowest BCUT2D eigenvalue weighted by Crippen LogP contribution is -2.47. The largest absolute Gasteiger partial charge is 0.392 e. The zero-order valence-electron chi connectivity index (χ0n) is 9.25. The summed E-state index contributed by atoms with van der Waals surface area (Å²) >= 11 is 0. The van der Waals surface area contributed by atoms with E-state index in [2.05, 4.69) is 16.0 Å². The van der Waals surface area contributed by atoms with Gasteiger partial charge in [-0.25, -0.2) is 4.79 Å². The standard InChI is InChI=1S/C10H21N3O2/c1-8(14)6-12-10(15)13-7-9-4-2-3-5-11-9/h8-9,11,14H,2-7H2,1H3,(H2,12,13,15). The zero-order valence-corrected chi connectivity index (χ0v) is 9.25. The molecule has 2 amide bonds. The van der Waals surface area contributed by atoms with E-state index in [0.717, 1.165) is 13.0 Å². The van der Waals surface area contributed by atoms with Crippen molar-refractivity contribution in [2.24, 2.45) is 0 Å². The van der Waals surface area contributed by atoms with Crippen LogP contribution in [0.4, 0.5) is 4.79 Å². The number of hydrogen-bond donors (Lipinski definition) is 4. The Hall–Kier alpha value is -0.810. The fourth-order valence-electron chi connectivity index (χ4n) is 1.62. The molecule has 88 valence electrons. The molecule has 1 fully saturated rings. The Balaban J connectivity index is 2.05. The summed E-state index contributed by atoms with van der Waals surface area (Å²) in [4.78, 5) is 11.2. The molecule has 0 aromatic carbocycles. The molecule has 0 saturated carbocycles. The van der Waals surface area contributed by atoms with E-state index in [9.17, 15) is 4.79 Å². The molecule has 1 heterocycles. The highest BCUT2D eigenvalue weighted by Gasteiger charge is 2.13. The molecule has 5 nitrogen and oxygen atoms in total. The molecular formula is C10H21N3O2. The van der Waals surface area contributed by atoms with Gasteiger partial charge in [-0.05, 0) is 26.3 Å². The number of piperidine rings is 1. The summed E-state index contributed by atoms with van der Waals surface area (Å²) in [6.07, 6.45) is 3.08. The second-order valence-electron chi connectivity index (χ2n) is 4.09. The van der Waals surface area contributed by atoms with Gasteiger partial charge in [-0.1, -0.05) is 6.42 Å². The van der Waals surface area contributed by atoms with E-state index in [-0.39, 0.29) is 6.03 Å². The molecule has 1 aliphatic heterocycles. The summed E-state index contributed by atoms with van der Waals surface area (Å²) in [6, 6.07) is 0.194. The van der Waals surface area contributed by atoms with Gasteiger partial charge in [0.1, 0.15) is 0 Å². The van der Waals surface area contributed by atoms with Gasteiger partial charge in [0.25, 0.3) is 0 Å². The predicted octanol–water partition coefficient (Wildman–Crippen LogP) is -0.191. The van der Waals surface area contributed by atoms with Gasteiger partial charge in [-0.15, -0.1) is 0 Å². The van der Waals surface area contributed by atoms with Crippen LogP contribution in [0.1, 0.15) is 26.2 Å². The van der Waals surface area contributed by atoms with Crippen molar-refractivity contribution in [3.05, 3.63) is 0 Å². The van der Waals surface area contributed by atoms with Crippen molar-refractivity contribution >= 4 is 6.03 Å². The maximum atomic E-state index is 11.2. The molecule has 2 atom stereocenters. The molecule has 0 spiro atoms. The van der Waals surface area contributed by atoms with Gasteiger partial charge in [-0.3, -0.25) is 0 Å². The average Bonchev–Trinajstić information content (AvgIpc) is 2.25. The smallest absolute Gasteiger partial charge is 0.314 e. The molecule has 1 aliphatic rings. The van der Waals surface area contributed by atoms with E-state index >= 15 is 0 Å². The first kappa shape index (κ1) is 12.3. The number of aliphatic hydroxyl groups excluding tert-OH is 1. The third-order valence-corrected chi connectivity index (χ3v) is 2.48. The van der Waals surface area contributed by atoms with E-state index in [0.29, 0.717) is 19.1 Å². The minimum Gasteiger partial charge on any atom is -0.392 e. The highest BCUT2D eigenvalue weighted by atomic mass is 16.3. The van der Waals surface area contributed by atoms with Crippen molar-refractivity contribution in [3.63, 3.8) is 0 Å². The number of hydrogen-bond acceptors (Lipinski definition) is 3. The van der Waals surface area contributed by atoms with Crippen LogP contribution in [-0.4, -0.2) is 42.9 Å². The fourth-order valence-corrected chi connectivity index (χ4v) is 1.62. The van der Waals surface area contributed by atoms with Gasteiger partial charge < -0.3 is 21.1 Å². The number of aliphatic hydroxyl groups is 1. The quantitative estimate of drug-likeness (QED) is 0.525. The van der Waals surface area contributed by atoms with Crippen molar-refractivity contribution in [3.8, 4) is 0 Å². The minimum absolute atomic E-state index is 0.205. The van der Waals surface area contributed by atoms with Crippen molar-refractivity contribution in [2.75, 3.05) is 19.6 Å². The Labute approximate surface area is 90.6 Å². The van der Waals surface area contributed by atoms with Crippen LogP contribution in [0.2, 0.25) is 0 Å². The molecule has 0 aromatic rings. The van der Waals surface area contributed by atoms with Gasteiger partial charge in [0.2, 0.25) is 0 Å². The first-order valence-electron chi connectivity index (χ1n) is 5.61. The zero-order chi connectivity index (χ0) is 11.1. The molecule has 0 radical (unpaired) electrons. The monoisotopic (exact) mass is 215 g/mol. The lowest BCUT2D eigenvalue weighted by atomic mass is 10.1. The van der Waals surface area contributed by atoms with Crippen LogP contribution < -0.4 is 16.0 Å². The lowest BCUT2D eigenvalue weighted by Gasteiger charge is -2.23. The van der Waals surface area contributed by atoms with Crippen LogP contribution in [0.25, 0.3) is 0 Å². The number of urea groups is 1. The molecular weight excluding hydrogens is 194 g/mol. The van der Waals surface area contributed by atoms with Crippen molar-refractivity contribution in [2.45, 2.75) is 38.3 Å². The Kier molecular flexibility index (Phi) is 5.42. The van der Waals surface area contributed by atoms with Crippen LogP contribution >= 0.6 is 0 Å². The molecule has 2 unspecified atom stereocenters. The molecule has 15 heavy (non-hydrogen) atoms. The van der Waals surface area contributed by atoms with E-state index < -0.39 is 6.10 Å². The second kappa shape index (κ2) is 6.63. The maximum absolute atomic E-state index is 11.2. The molecule has 0 bridgehead atoms.